The van der Waals surface area contributed by atoms with Crippen molar-refractivity contribution in [2.24, 2.45) is 5.73 Å². The van der Waals surface area contributed by atoms with Crippen molar-refractivity contribution in [3.05, 3.63) is 23.8 Å². The Morgan fingerprint density at radius 2 is 1.72 bits per heavy atom. The van der Waals surface area contributed by atoms with Crippen molar-refractivity contribution in [1.29, 1.82) is 0 Å². The molecule has 4 heteroatoms. The van der Waals surface area contributed by atoms with E-state index in [-0.39, 0.29) is 6.04 Å². The van der Waals surface area contributed by atoms with Crippen LogP contribution in [-0.2, 0) is 4.74 Å². The van der Waals surface area contributed by atoms with E-state index in [4.69, 9.17) is 19.9 Å². The Morgan fingerprint density at radius 3 is 2.22 bits per heavy atom. The van der Waals surface area contributed by atoms with Gasteiger partial charge in [-0.3, -0.25) is 0 Å². The third-order valence-electron chi connectivity index (χ3n) is 2.81. The average molecular weight is 253 g/mol. The number of hydrogen-bond donors (Lipinski definition) is 1. The van der Waals surface area contributed by atoms with Crippen molar-refractivity contribution in [3.63, 3.8) is 0 Å². The van der Waals surface area contributed by atoms with E-state index in [1.165, 1.54) is 0 Å². The highest BCUT2D eigenvalue weighted by molar-refractivity contribution is 5.39. The maximum absolute atomic E-state index is 6.16. The monoisotopic (exact) mass is 253 g/mol. The molecule has 18 heavy (non-hydrogen) atoms. The van der Waals surface area contributed by atoms with Crippen LogP contribution in [0.5, 0.6) is 11.5 Å². The first-order valence-corrected chi connectivity index (χ1v) is 6.27. The van der Waals surface area contributed by atoms with Crippen LogP contribution in [0.2, 0.25) is 0 Å². The number of nitrogens with two attached hydrogens (primary N) is 1. The molecule has 1 unspecified atom stereocenters. The van der Waals surface area contributed by atoms with Crippen molar-refractivity contribution >= 4 is 0 Å². The molecule has 0 saturated carbocycles. The second-order valence-electron chi connectivity index (χ2n) is 4.09. The van der Waals surface area contributed by atoms with Gasteiger partial charge >= 0.3 is 0 Å². The molecule has 0 heterocycles. The predicted octanol–water partition coefficient (Wildman–Crippen LogP) is 2.52. The fourth-order valence-electron chi connectivity index (χ4n) is 1.76. The van der Waals surface area contributed by atoms with E-state index in [2.05, 4.69) is 0 Å². The standard InChI is InChI=1S/C14H23NO3/c1-4-18-7-5-6-14(15)11-8-12(16-2)10-13(9-11)17-3/h8-10,14H,4-7,15H2,1-3H3. The van der Waals surface area contributed by atoms with Crippen LogP contribution in [-0.4, -0.2) is 27.4 Å². The van der Waals surface area contributed by atoms with Crippen molar-refractivity contribution in [1.82, 2.24) is 0 Å². The third kappa shape index (κ3) is 4.55. The van der Waals surface area contributed by atoms with Gasteiger partial charge in [0.05, 0.1) is 14.2 Å². The molecule has 0 aromatic heterocycles. The van der Waals surface area contributed by atoms with Gasteiger partial charge in [-0.25, -0.2) is 0 Å². The van der Waals surface area contributed by atoms with E-state index < -0.39 is 0 Å². The van der Waals surface area contributed by atoms with Gasteiger partial charge in [0.2, 0.25) is 0 Å². The minimum Gasteiger partial charge on any atom is -0.497 e. The van der Waals surface area contributed by atoms with E-state index in [0.29, 0.717) is 0 Å². The summed E-state index contributed by atoms with van der Waals surface area (Å²) in [7, 11) is 3.28. The van der Waals surface area contributed by atoms with Gasteiger partial charge in [-0.15, -0.1) is 0 Å². The van der Waals surface area contributed by atoms with Gasteiger partial charge in [0.25, 0.3) is 0 Å². The van der Waals surface area contributed by atoms with Gasteiger partial charge < -0.3 is 19.9 Å². The Kier molecular flexibility index (Phi) is 6.54. The summed E-state index contributed by atoms with van der Waals surface area (Å²) in [5.41, 5.74) is 7.19. The molecule has 4 nitrogen and oxygen atoms in total. The van der Waals surface area contributed by atoms with Crippen molar-refractivity contribution in [2.75, 3.05) is 27.4 Å². The molecular formula is C14H23NO3. The highest BCUT2D eigenvalue weighted by Crippen LogP contribution is 2.27. The lowest BCUT2D eigenvalue weighted by molar-refractivity contribution is 0.142. The molecule has 1 atom stereocenters. The van der Waals surface area contributed by atoms with Crippen LogP contribution in [0.3, 0.4) is 0 Å². The number of hydrogen-bond acceptors (Lipinski definition) is 4. The highest BCUT2D eigenvalue weighted by atomic mass is 16.5. The van der Waals surface area contributed by atoms with E-state index in [1.54, 1.807) is 14.2 Å². The summed E-state index contributed by atoms with van der Waals surface area (Å²) in [5.74, 6) is 1.54. The predicted molar refractivity (Wildman–Crippen MR) is 72.2 cm³/mol. The molecule has 0 bridgehead atoms. The number of ether oxygens (including phenoxy) is 3. The molecule has 0 aliphatic heterocycles. The van der Waals surface area contributed by atoms with Crippen LogP contribution in [0.1, 0.15) is 31.4 Å². The molecule has 0 spiro atoms. The Bertz CT molecular complexity index is 333. The van der Waals surface area contributed by atoms with E-state index >= 15 is 0 Å². The second-order valence-corrected chi connectivity index (χ2v) is 4.09. The molecule has 0 saturated heterocycles. The smallest absolute Gasteiger partial charge is 0.122 e. The summed E-state index contributed by atoms with van der Waals surface area (Å²) in [6.07, 6.45) is 1.84. The summed E-state index contributed by atoms with van der Waals surface area (Å²) in [5, 5.41) is 0. The third-order valence-corrected chi connectivity index (χ3v) is 2.81. The molecule has 0 radical (unpaired) electrons. The van der Waals surface area contributed by atoms with Crippen LogP contribution in [0.4, 0.5) is 0 Å². The van der Waals surface area contributed by atoms with Crippen LogP contribution < -0.4 is 15.2 Å². The quantitative estimate of drug-likeness (QED) is 0.723. The van der Waals surface area contributed by atoms with Crippen molar-refractivity contribution < 1.29 is 14.2 Å². The molecule has 1 aromatic rings. The summed E-state index contributed by atoms with van der Waals surface area (Å²) in [6, 6.07) is 5.73. The molecule has 1 rings (SSSR count). The molecule has 0 aliphatic rings. The first-order chi connectivity index (χ1) is 8.71. The van der Waals surface area contributed by atoms with E-state index in [9.17, 15) is 0 Å². The summed E-state index contributed by atoms with van der Waals surface area (Å²) in [6.45, 7) is 3.50. The summed E-state index contributed by atoms with van der Waals surface area (Å²) in [4.78, 5) is 0. The minimum absolute atomic E-state index is 0.0190. The molecular weight excluding hydrogens is 230 g/mol. The topological polar surface area (TPSA) is 53.7 Å². The van der Waals surface area contributed by atoms with Gasteiger partial charge in [-0.2, -0.15) is 0 Å². The van der Waals surface area contributed by atoms with Gasteiger partial charge in [0.1, 0.15) is 11.5 Å². The van der Waals surface area contributed by atoms with Gasteiger partial charge in [0.15, 0.2) is 0 Å². The van der Waals surface area contributed by atoms with Crippen LogP contribution in [0.25, 0.3) is 0 Å². The Hall–Kier alpha value is -1.26. The molecule has 1 aromatic carbocycles. The fraction of sp³-hybridized carbons (Fsp3) is 0.571. The van der Waals surface area contributed by atoms with Crippen LogP contribution >= 0.6 is 0 Å². The summed E-state index contributed by atoms with van der Waals surface area (Å²) >= 11 is 0. The number of benzene rings is 1. The maximum Gasteiger partial charge on any atom is 0.122 e. The summed E-state index contributed by atoms with van der Waals surface area (Å²) < 4.78 is 15.8. The fourth-order valence-corrected chi connectivity index (χ4v) is 1.76. The zero-order chi connectivity index (χ0) is 13.4. The molecule has 2 N–H and O–H groups in total. The van der Waals surface area contributed by atoms with E-state index in [1.807, 2.05) is 25.1 Å². The highest BCUT2D eigenvalue weighted by Gasteiger charge is 2.09. The van der Waals surface area contributed by atoms with Crippen LogP contribution in [0.15, 0.2) is 18.2 Å². The van der Waals surface area contributed by atoms with Gasteiger partial charge in [0, 0.05) is 25.3 Å². The minimum atomic E-state index is -0.0190. The molecule has 0 amide bonds. The zero-order valence-corrected chi connectivity index (χ0v) is 11.4. The number of rotatable bonds is 8. The SMILES string of the molecule is CCOCCCC(N)c1cc(OC)cc(OC)c1. The Balaban J connectivity index is 2.63. The molecule has 0 aliphatic carbocycles. The lowest BCUT2D eigenvalue weighted by Gasteiger charge is -2.14. The van der Waals surface area contributed by atoms with Crippen LogP contribution in [0, 0.1) is 0 Å². The number of methoxy groups -OCH3 is 2. The molecule has 0 fully saturated rings. The normalized spacial score (nSPS) is 12.2. The molecule has 102 valence electrons. The van der Waals surface area contributed by atoms with Gasteiger partial charge in [-0.05, 0) is 37.5 Å². The zero-order valence-electron chi connectivity index (χ0n) is 11.4. The first kappa shape index (κ1) is 14.8. The van der Waals surface area contributed by atoms with E-state index in [0.717, 1.165) is 43.1 Å². The maximum atomic E-state index is 6.16. The Labute approximate surface area is 109 Å². The Morgan fingerprint density at radius 1 is 1.11 bits per heavy atom. The second kappa shape index (κ2) is 7.95. The van der Waals surface area contributed by atoms with Crippen molar-refractivity contribution in [3.8, 4) is 11.5 Å². The largest absolute Gasteiger partial charge is 0.497 e. The first-order valence-electron chi connectivity index (χ1n) is 6.27. The van der Waals surface area contributed by atoms with Crippen molar-refractivity contribution in [2.45, 2.75) is 25.8 Å². The lowest BCUT2D eigenvalue weighted by Crippen LogP contribution is -2.11. The average Bonchev–Trinajstić information content (AvgIpc) is 2.42. The van der Waals surface area contributed by atoms with Gasteiger partial charge in [-0.1, -0.05) is 0 Å². The lowest BCUT2D eigenvalue weighted by atomic mass is 10.0.